The summed E-state index contributed by atoms with van der Waals surface area (Å²) in [5, 5.41) is 4.73. The van der Waals surface area contributed by atoms with E-state index < -0.39 is 0 Å². The number of hydrogen-bond donors (Lipinski definition) is 0. The van der Waals surface area contributed by atoms with E-state index in [1.54, 1.807) is 0 Å². The third-order valence-corrected chi connectivity index (χ3v) is 13.3. The average molecular weight is 806 g/mol. The van der Waals surface area contributed by atoms with Crippen molar-refractivity contribution >= 4 is 49.8 Å². The van der Waals surface area contributed by atoms with E-state index in [0.29, 0.717) is 0 Å². The molecule has 0 amide bonds. The normalized spacial score (nSPS) is 12.7. The summed E-state index contributed by atoms with van der Waals surface area (Å²) in [6, 6.07) is 81.8. The summed E-state index contributed by atoms with van der Waals surface area (Å²) in [6.07, 6.45) is 0. The van der Waals surface area contributed by atoms with Crippen LogP contribution in [0, 0.1) is 0 Å². The lowest BCUT2D eigenvalue weighted by Gasteiger charge is -2.28. The fourth-order valence-corrected chi connectivity index (χ4v) is 10.1. The highest BCUT2D eigenvalue weighted by molar-refractivity contribution is 6.19. The zero-order chi connectivity index (χ0) is 42.1. The van der Waals surface area contributed by atoms with Crippen molar-refractivity contribution in [2.75, 3.05) is 4.90 Å². The van der Waals surface area contributed by atoms with Crippen LogP contribution in [0.3, 0.4) is 0 Å². The Morgan fingerprint density at radius 2 is 0.889 bits per heavy atom. The van der Waals surface area contributed by atoms with Crippen LogP contribution < -0.4 is 4.90 Å². The Morgan fingerprint density at radius 3 is 1.68 bits per heavy atom. The lowest BCUT2D eigenvalue weighted by atomic mass is 9.82. The Kier molecular flexibility index (Phi) is 8.55. The van der Waals surface area contributed by atoms with Gasteiger partial charge in [0, 0.05) is 33.2 Å². The van der Waals surface area contributed by atoms with Crippen molar-refractivity contribution in [1.29, 1.82) is 0 Å². The molecule has 12 rings (SSSR count). The van der Waals surface area contributed by atoms with Crippen LogP contribution in [-0.2, 0) is 5.41 Å². The Hall–Kier alpha value is -7.94. The van der Waals surface area contributed by atoms with Crippen molar-refractivity contribution in [2.24, 2.45) is 0 Å². The molecule has 0 unspecified atom stereocenters. The zero-order valence-corrected chi connectivity index (χ0v) is 35.2. The van der Waals surface area contributed by atoms with Crippen LogP contribution >= 0.6 is 0 Å². The molecule has 11 aromatic rings. The minimum atomic E-state index is -0.0721. The van der Waals surface area contributed by atoms with Gasteiger partial charge in [-0.1, -0.05) is 184 Å². The van der Waals surface area contributed by atoms with Gasteiger partial charge in [0.1, 0.15) is 11.2 Å². The van der Waals surface area contributed by atoms with Crippen molar-refractivity contribution in [1.82, 2.24) is 0 Å². The van der Waals surface area contributed by atoms with E-state index in [2.05, 4.69) is 231 Å². The van der Waals surface area contributed by atoms with Crippen molar-refractivity contribution in [3.8, 4) is 55.6 Å². The number of anilines is 3. The highest BCUT2D eigenvalue weighted by Gasteiger charge is 2.35. The molecule has 0 N–H and O–H groups in total. The van der Waals surface area contributed by atoms with Crippen LogP contribution in [0.5, 0.6) is 0 Å². The average Bonchev–Trinajstić information content (AvgIpc) is 3.84. The molecule has 1 heterocycles. The summed E-state index contributed by atoms with van der Waals surface area (Å²) in [7, 11) is 0. The molecule has 10 aromatic carbocycles. The summed E-state index contributed by atoms with van der Waals surface area (Å²) >= 11 is 0. The van der Waals surface area contributed by atoms with E-state index in [1.807, 2.05) is 12.1 Å². The quantitative estimate of drug-likeness (QED) is 0.160. The summed E-state index contributed by atoms with van der Waals surface area (Å²) in [5.41, 5.74) is 19.9. The molecule has 2 nitrogen and oxygen atoms in total. The molecule has 0 saturated carbocycles. The second-order valence-corrected chi connectivity index (χ2v) is 17.3. The Balaban J connectivity index is 0.982. The molecule has 1 aromatic heterocycles. The number of furan rings is 1. The van der Waals surface area contributed by atoms with Crippen LogP contribution in [0.2, 0.25) is 0 Å². The summed E-state index contributed by atoms with van der Waals surface area (Å²) in [6.45, 7) is 4.69. The molecule has 0 atom stereocenters. The monoisotopic (exact) mass is 805 g/mol. The van der Waals surface area contributed by atoms with Crippen molar-refractivity contribution in [3.05, 3.63) is 236 Å². The number of benzene rings is 10. The topological polar surface area (TPSA) is 16.4 Å². The van der Waals surface area contributed by atoms with Crippen molar-refractivity contribution < 1.29 is 4.42 Å². The second kappa shape index (κ2) is 14.6. The van der Waals surface area contributed by atoms with Gasteiger partial charge in [-0.05, 0) is 132 Å². The maximum Gasteiger partial charge on any atom is 0.136 e. The summed E-state index contributed by atoms with van der Waals surface area (Å²) < 4.78 is 6.20. The summed E-state index contributed by atoms with van der Waals surface area (Å²) in [4.78, 5) is 2.42. The third kappa shape index (κ3) is 6.17. The second-order valence-electron chi connectivity index (χ2n) is 17.3. The number of nitrogens with zero attached hydrogens (tertiary/aromatic N) is 1. The van der Waals surface area contributed by atoms with E-state index in [4.69, 9.17) is 4.42 Å². The minimum Gasteiger partial charge on any atom is -0.456 e. The van der Waals surface area contributed by atoms with Gasteiger partial charge in [0.05, 0.1) is 0 Å². The molecule has 0 fully saturated rings. The van der Waals surface area contributed by atoms with Crippen LogP contribution in [-0.4, -0.2) is 0 Å². The van der Waals surface area contributed by atoms with Gasteiger partial charge >= 0.3 is 0 Å². The van der Waals surface area contributed by atoms with E-state index in [-0.39, 0.29) is 5.41 Å². The maximum absolute atomic E-state index is 6.20. The van der Waals surface area contributed by atoms with Crippen molar-refractivity contribution in [3.63, 3.8) is 0 Å². The molecule has 0 radical (unpaired) electrons. The Morgan fingerprint density at radius 1 is 0.333 bits per heavy atom. The molecule has 0 spiro atoms. The first-order valence-corrected chi connectivity index (χ1v) is 21.8. The first kappa shape index (κ1) is 36.9. The van der Waals surface area contributed by atoms with Gasteiger partial charge in [0.25, 0.3) is 0 Å². The Bertz CT molecular complexity index is 3510. The predicted molar refractivity (Wildman–Crippen MR) is 265 cm³/mol. The fourth-order valence-electron chi connectivity index (χ4n) is 10.1. The number of fused-ring (bicyclic) bond motifs is 8. The first-order valence-electron chi connectivity index (χ1n) is 21.8. The van der Waals surface area contributed by atoms with Gasteiger partial charge in [0.2, 0.25) is 0 Å². The molecule has 1 aliphatic carbocycles. The van der Waals surface area contributed by atoms with E-state index in [0.717, 1.165) is 39.2 Å². The molecule has 2 heteroatoms. The molecule has 298 valence electrons. The van der Waals surface area contributed by atoms with Crippen LogP contribution in [0.1, 0.15) is 25.0 Å². The molecular weight excluding hydrogens is 763 g/mol. The molecule has 1 aliphatic rings. The zero-order valence-electron chi connectivity index (χ0n) is 35.2. The number of hydrogen-bond acceptors (Lipinski definition) is 2. The first-order chi connectivity index (χ1) is 31.0. The lowest BCUT2D eigenvalue weighted by Crippen LogP contribution is -2.15. The SMILES string of the molecule is CC1(C)c2ccccc2-c2cc(N(c3ccc(-c4ccccc4)cc3)c3ccc(-c4ccccc4)c(-c4ccc(-c5ccc6c(ccc7oc8ccccc8c76)c5)cc4)c3)ccc21. The minimum absolute atomic E-state index is 0.0721. The molecule has 0 aliphatic heterocycles. The lowest BCUT2D eigenvalue weighted by molar-refractivity contribution is 0.660. The van der Waals surface area contributed by atoms with E-state index in [9.17, 15) is 0 Å². The third-order valence-electron chi connectivity index (χ3n) is 13.3. The van der Waals surface area contributed by atoms with Crippen LogP contribution in [0.4, 0.5) is 17.1 Å². The van der Waals surface area contributed by atoms with E-state index in [1.165, 1.54) is 77.4 Å². The highest BCUT2D eigenvalue weighted by atomic mass is 16.3. The number of para-hydroxylation sites is 1. The van der Waals surface area contributed by atoms with Gasteiger partial charge in [-0.3, -0.25) is 0 Å². The van der Waals surface area contributed by atoms with Crippen molar-refractivity contribution in [2.45, 2.75) is 19.3 Å². The van der Waals surface area contributed by atoms with Crippen LogP contribution in [0.15, 0.2) is 229 Å². The smallest absolute Gasteiger partial charge is 0.136 e. The molecule has 63 heavy (non-hydrogen) atoms. The van der Waals surface area contributed by atoms with Gasteiger partial charge in [0.15, 0.2) is 0 Å². The van der Waals surface area contributed by atoms with Gasteiger partial charge in [-0.2, -0.15) is 0 Å². The molecular formula is C61H43NO. The van der Waals surface area contributed by atoms with Gasteiger partial charge in [-0.25, -0.2) is 0 Å². The molecule has 0 saturated heterocycles. The van der Waals surface area contributed by atoms with Gasteiger partial charge < -0.3 is 9.32 Å². The maximum atomic E-state index is 6.20. The van der Waals surface area contributed by atoms with E-state index >= 15 is 0 Å². The van der Waals surface area contributed by atoms with Crippen LogP contribution in [0.25, 0.3) is 88.3 Å². The fraction of sp³-hybridized carbons (Fsp3) is 0.0492. The predicted octanol–water partition coefficient (Wildman–Crippen LogP) is 17.2. The molecule has 0 bridgehead atoms. The number of rotatable bonds is 7. The summed E-state index contributed by atoms with van der Waals surface area (Å²) in [5.74, 6) is 0. The van der Waals surface area contributed by atoms with Gasteiger partial charge in [-0.15, -0.1) is 0 Å². The Labute approximate surface area is 368 Å². The standard InChI is InChI=1S/C61H43NO/c1-61(2)56-19-11-9-17-52(56)55-39-49(32-35-57(55)61)62(47-29-25-41(26-30-47)40-13-5-3-6-14-40)48-31-34-50(43-15-7-4-8-16-43)54(38-48)44-23-21-42(22-24-44)45-27-33-51-46(37-45)28-36-59-60(51)53-18-10-12-20-58(53)63-59/h3-39H,1-2H3. The highest BCUT2D eigenvalue weighted by Crippen LogP contribution is 2.51. The largest absolute Gasteiger partial charge is 0.456 e.